The quantitative estimate of drug-likeness (QED) is 0.646. The van der Waals surface area contributed by atoms with E-state index in [0.29, 0.717) is 0 Å². The number of nitrogen functional groups attached to an aromatic ring is 1. The zero-order valence-corrected chi connectivity index (χ0v) is 11.9. The molecule has 104 valence electrons. The Hall–Kier alpha value is -2.20. The Kier molecular flexibility index (Phi) is 4.48. The minimum atomic E-state index is 0.107. The van der Waals surface area contributed by atoms with Gasteiger partial charge in [-0.1, -0.05) is 24.3 Å². The summed E-state index contributed by atoms with van der Waals surface area (Å²) < 4.78 is 0. The van der Waals surface area contributed by atoms with Gasteiger partial charge in [0.25, 0.3) is 0 Å². The van der Waals surface area contributed by atoms with Crippen LogP contribution in [-0.2, 0) is 13.1 Å². The van der Waals surface area contributed by atoms with Crippen molar-refractivity contribution < 1.29 is 0 Å². The molecule has 0 spiro atoms. The zero-order valence-electron chi connectivity index (χ0n) is 11.9. The number of nitrogens with zero attached hydrogens (tertiary/aromatic N) is 2. The number of benzene rings is 1. The van der Waals surface area contributed by atoms with E-state index in [1.807, 2.05) is 36.5 Å². The van der Waals surface area contributed by atoms with Gasteiger partial charge in [0, 0.05) is 24.8 Å². The second-order valence-corrected chi connectivity index (χ2v) is 5.05. The Morgan fingerprint density at radius 1 is 1.25 bits per heavy atom. The summed E-state index contributed by atoms with van der Waals surface area (Å²) in [5.74, 6) is 0.107. The highest BCUT2D eigenvalue weighted by Crippen LogP contribution is 2.11. The van der Waals surface area contributed by atoms with Crippen molar-refractivity contribution in [3.63, 3.8) is 0 Å². The molecule has 1 heterocycles. The molecule has 1 aromatic carbocycles. The highest BCUT2D eigenvalue weighted by atomic mass is 15.1. The third-order valence-corrected chi connectivity index (χ3v) is 3.23. The minimum Gasteiger partial charge on any atom is -0.384 e. The van der Waals surface area contributed by atoms with E-state index in [9.17, 15) is 0 Å². The van der Waals surface area contributed by atoms with E-state index in [4.69, 9.17) is 11.1 Å². The summed E-state index contributed by atoms with van der Waals surface area (Å²) in [6.45, 7) is 3.68. The Balaban J connectivity index is 2.05. The van der Waals surface area contributed by atoms with E-state index in [0.717, 1.165) is 29.9 Å². The fraction of sp³-hybridized carbons (Fsp3) is 0.250. The maximum atomic E-state index is 7.48. The van der Waals surface area contributed by atoms with Gasteiger partial charge in [-0.15, -0.1) is 0 Å². The number of rotatable bonds is 5. The SMILES string of the molecule is Cc1cccnc1CN(C)Cc1cccc(C(=N)N)c1. The van der Waals surface area contributed by atoms with Crippen molar-refractivity contribution in [2.24, 2.45) is 5.73 Å². The lowest BCUT2D eigenvalue weighted by atomic mass is 10.1. The van der Waals surface area contributed by atoms with Crippen LogP contribution in [0.2, 0.25) is 0 Å². The van der Waals surface area contributed by atoms with Crippen LogP contribution >= 0.6 is 0 Å². The minimum absolute atomic E-state index is 0.107. The summed E-state index contributed by atoms with van der Waals surface area (Å²) in [6.07, 6.45) is 1.83. The molecule has 20 heavy (non-hydrogen) atoms. The fourth-order valence-electron chi connectivity index (χ4n) is 2.14. The molecule has 0 fully saturated rings. The molecule has 1 aromatic heterocycles. The van der Waals surface area contributed by atoms with Crippen LogP contribution in [0.15, 0.2) is 42.6 Å². The van der Waals surface area contributed by atoms with Crippen molar-refractivity contribution >= 4 is 5.84 Å². The first-order valence-corrected chi connectivity index (χ1v) is 6.58. The Morgan fingerprint density at radius 2 is 2.05 bits per heavy atom. The number of amidine groups is 1. The van der Waals surface area contributed by atoms with Crippen LogP contribution in [0.5, 0.6) is 0 Å². The van der Waals surface area contributed by atoms with Crippen molar-refractivity contribution in [3.05, 3.63) is 65.0 Å². The van der Waals surface area contributed by atoms with Gasteiger partial charge in [-0.2, -0.15) is 0 Å². The summed E-state index contributed by atoms with van der Waals surface area (Å²) in [4.78, 5) is 6.61. The predicted molar refractivity (Wildman–Crippen MR) is 81.6 cm³/mol. The number of aryl methyl sites for hydroxylation is 1. The fourth-order valence-corrected chi connectivity index (χ4v) is 2.14. The lowest BCUT2D eigenvalue weighted by Gasteiger charge is -2.17. The summed E-state index contributed by atoms with van der Waals surface area (Å²) in [6, 6.07) is 11.8. The standard InChI is InChI=1S/C16H20N4/c1-12-5-4-8-19-15(12)11-20(2)10-13-6-3-7-14(9-13)16(17)18/h3-9H,10-11H2,1-2H3,(H3,17,18). The van der Waals surface area contributed by atoms with E-state index in [1.165, 1.54) is 5.56 Å². The number of hydrogen-bond acceptors (Lipinski definition) is 3. The molecule has 3 N–H and O–H groups in total. The molecule has 0 radical (unpaired) electrons. The summed E-state index contributed by atoms with van der Waals surface area (Å²) in [5.41, 5.74) is 9.73. The van der Waals surface area contributed by atoms with Gasteiger partial charge in [0.1, 0.15) is 5.84 Å². The third-order valence-electron chi connectivity index (χ3n) is 3.23. The molecule has 4 nitrogen and oxygen atoms in total. The van der Waals surface area contributed by atoms with Gasteiger partial charge in [0.05, 0.1) is 5.69 Å². The molecule has 0 atom stereocenters. The molecule has 0 bridgehead atoms. The van der Waals surface area contributed by atoms with E-state index < -0.39 is 0 Å². The molecular weight excluding hydrogens is 248 g/mol. The van der Waals surface area contributed by atoms with Gasteiger partial charge in [-0.25, -0.2) is 0 Å². The number of aromatic nitrogens is 1. The second kappa shape index (κ2) is 6.30. The molecule has 2 rings (SSSR count). The van der Waals surface area contributed by atoms with Crippen molar-refractivity contribution in [2.45, 2.75) is 20.0 Å². The van der Waals surface area contributed by atoms with Gasteiger partial charge in [0.2, 0.25) is 0 Å². The second-order valence-electron chi connectivity index (χ2n) is 5.05. The zero-order chi connectivity index (χ0) is 14.5. The number of hydrogen-bond donors (Lipinski definition) is 2. The average Bonchev–Trinajstić information content (AvgIpc) is 2.41. The topological polar surface area (TPSA) is 66.0 Å². The van der Waals surface area contributed by atoms with Crippen molar-refractivity contribution in [3.8, 4) is 0 Å². The van der Waals surface area contributed by atoms with E-state index in [-0.39, 0.29) is 5.84 Å². The van der Waals surface area contributed by atoms with Crippen LogP contribution in [0.25, 0.3) is 0 Å². The maximum Gasteiger partial charge on any atom is 0.122 e. The molecule has 4 heteroatoms. The van der Waals surface area contributed by atoms with Crippen LogP contribution in [0.3, 0.4) is 0 Å². The number of pyridine rings is 1. The van der Waals surface area contributed by atoms with Crippen molar-refractivity contribution in [1.82, 2.24) is 9.88 Å². The van der Waals surface area contributed by atoms with Gasteiger partial charge < -0.3 is 5.73 Å². The largest absolute Gasteiger partial charge is 0.384 e. The van der Waals surface area contributed by atoms with Crippen LogP contribution in [-0.4, -0.2) is 22.8 Å². The lowest BCUT2D eigenvalue weighted by Crippen LogP contribution is -2.19. The molecular formula is C16H20N4. The molecule has 0 aliphatic rings. The first-order chi connectivity index (χ1) is 9.56. The molecule has 2 aromatic rings. The normalized spacial score (nSPS) is 10.8. The highest BCUT2D eigenvalue weighted by molar-refractivity contribution is 5.95. The lowest BCUT2D eigenvalue weighted by molar-refractivity contribution is 0.314. The van der Waals surface area contributed by atoms with Gasteiger partial charge in [-0.05, 0) is 37.2 Å². The predicted octanol–water partition coefficient (Wildman–Crippen LogP) is 2.31. The van der Waals surface area contributed by atoms with Gasteiger partial charge in [0.15, 0.2) is 0 Å². The van der Waals surface area contributed by atoms with Crippen LogP contribution < -0.4 is 5.73 Å². The summed E-state index contributed by atoms with van der Waals surface area (Å²) in [5, 5.41) is 7.48. The van der Waals surface area contributed by atoms with Crippen LogP contribution in [0, 0.1) is 12.3 Å². The maximum absolute atomic E-state index is 7.48. The Labute approximate surface area is 119 Å². The molecule has 0 aliphatic carbocycles. The van der Waals surface area contributed by atoms with E-state index in [2.05, 4.69) is 29.9 Å². The molecule has 0 aliphatic heterocycles. The summed E-state index contributed by atoms with van der Waals surface area (Å²) >= 11 is 0. The van der Waals surface area contributed by atoms with E-state index in [1.54, 1.807) is 0 Å². The molecule has 0 saturated heterocycles. The Morgan fingerprint density at radius 3 is 2.75 bits per heavy atom. The van der Waals surface area contributed by atoms with Crippen LogP contribution in [0.4, 0.5) is 0 Å². The number of nitrogens with one attached hydrogen (secondary N) is 1. The first-order valence-electron chi connectivity index (χ1n) is 6.58. The first kappa shape index (κ1) is 14.2. The smallest absolute Gasteiger partial charge is 0.122 e. The third kappa shape index (κ3) is 3.65. The average molecular weight is 268 g/mol. The monoisotopic (exact) mass is 268 g/mol. The van der Waals surface area contributed by atoms with Gasteiger partial charge in [-0.3, -0.25) is 15.3 Å². The molecule has 0 unspecified atom stereocenters. The highest BCUT2D eigenvalue weighted by Gasteiger charge is 2.06. The molecule has 0 amide bonds. The van der Waals surface area contributed by atoms with Crippen LogP contribution in [0.1, 0.15) is 22.4 Å². The summed E-state index contributed by atoms with van der Waals surface area (Å²) in [7, 11) is 2.06. The van der Waals surface area contributed by atoms with Gasteiger partial charge >= 0.3 is 0 Å². The van der Waals surface area contributed by atoms with Crippen molar-refractivity contribution in [2.75, 3.05) is 7.05 Å². The molecule has 0 saturated carbocycles. The number of nitrogens with two attached hydrogens (primary N) is 1. The van der Waals surface area contributed by atoms with E-state index >= 15 is 0 Å². The van der Waals surface area contributed by atoms with Crippen molar-refractivity contribution in [1.29, 1.82) is 5.41 Å². The Bertz CT molecular complexity index is 607.